The van der Waals surface area contributed by atoms with Crippen molar-refractivity contribution >= 4 is 17.8 Å². The van der Waals surface area contributed by atoms with Crippen LogP contribution in [0.3, 0.4) is 0 Å². The number of amides is 2. The van der Waals surface area contributed by atoms with Crippen molar-refractivity contribution < 1.29 is 19.1 Å². The summed E-state index contributed by atoms with van der Waals surface area (Å²) in [7, 11) is 1.45. The lowest BCUT2D eigenvalue weighted by Crippen LogP contribution is -2.46. The number of hydrogen-bond donors (Lipinski definition) is 2. The molecular formula is C20H28N4O5. The third-order valence-corrected chi connectivity index (χ3v) is 4.18. The molecule has 1 rings (SSSR count). The lowest BCUT2D eigenvalue weighted by atomic mass is 9.99. The van der Waals surface area contributed by atoms with Crippen LogP contribution in [0.25, 0.3) is 0 Å². The average molecular weight is 404 g/mol. The van der Waals surface area contributed by atoms with Crippen LogP contribution in [-0.2, 0) is 25.5 Å². The molecule has 0 atom stereocenters. The molecule has 0 radical (unpaired) electrons. The standard InChI is InChI=1S/C20H28N4O5/c1-12-14(13(2)22-19(28)15(12)9-21)7-8-18(27)29-11-17(26)24(6)10-16(25)23-20(3,4)5/h7-8,10-11H2,1-6H3,(H,22,28)(H,23,25). The Balaban J connectivity index is 2.56. The van der Waals surface area contributed by atoms with Gasteiger partial charge in [0.2, 0.25) is 5.91 Å². The monoisotopic (exact) mass is 404 g/mol. The highest BCUT2D eigenvalue weighted by atomic mass is 16.5. The van der Waals surface area contributed by atoms with Gasteiger partial charge in [-0.3, -0.25) is 19.2 Å². The fourth-order valence-corrected chi connectivity index (χ4v) is 2.73. The summed E-state index contributed by atoms with van der Waals surface area (Å²) in [5.41, 5.74) is 0.960. The molecule has 0 fully saturated rings. The van der Waals surface area contributed by atoms with Crippen LogP contribution in [0.4, 0.5) is 0 Å². The van der Waals surface area contributed by atoms with Crippen LogP contribution in [0.1, 0.15) is 49.6 Å². The molecule has 0 saturated heterocycles. The second-order valence-electron chi connectivity index (χ2n) is 7.88. The first-order valence-corrected chi connectivity index (χ1v) is 9.18. The van der Waals surface area contributed by atoms with Gasteiger partial charge in [0.25, 0.3) is 11.5 Å². The van der Waals surface area contributed by atoms with Crippen LogP contribution in [0.15, 0.2) is 4.79 Å². The molecule has 0 unspecified atom stereocenters. The van der Waals surface area contributed by atoms with Crippen molar-refractivity contribution in [3.05, 3.63) is 32.7 Å². The summed E-state index contributed by atoms with van der Waals surface area (Å²) in [6.07, 6.45) is 0.250. The summed E-state index contributed by atoms with van der Waals surface area (Å²) in [6.45, 7) is 8.24. The highest BCUT2D eigenvalue weighted by molar-refractivity contribution is 5.86. The first kappa shape index (κ1) is 23.9. The molecule has 9 nitrogen and oxygen atoms in total. The van der Waals surface area contributed by atoms with Crippen LogP contribution < -0.4 is 10.9 Å². The fraction of sp³-hybridized carbons (Fsp3) is 0.550. The molecule has 0 saturated carbocycles. The van der Waals surface area contributed by atoms with Gasteiger partial charge in [-0.05, 0) is 52.2 Å². The summed E-state index contributed by atoms with van der Waals surface area (Å²) in [4.78, 5) is 51.4. The zero-order chi connectivity index (χ0) is 22.4. The SMILES string of the molecule is Cc1[nH]c(=O)c(C#N)c(C)c1CCC(=O)OCC(=O)N(C)CC(=O)NC(C)(C)C. The number of rotatable bonds is 7. The number of ether oxygens (including phenoxy) is 1. The van der Waals surface area contributed by atoms with E-state index >= 15 is 0 Å². The molecule has 1 aromatic heterocycles. The van der Waals surface area contributed by atoms with Gasteiger partial charge in [0.1, 0.15) is 11.6 Å². The number of H-pyrrole nitrogens is 1. The Kier molecular flexibility index (Phi) is 8.13. The number of pyridine rings is 1. The Morgan fingerprint density at radius 3 is 2.41 bits per heavy atom. The Hall–Kier alpha value is -3.15. The number of hydrogen-bond acceptors (Lipinski definition) is 6. The molecule has 0 aromatic carbocycles. The van der Waals surface area contributed by atoms with Gasteiger partial charge in [0, 0.05) is 24.7 Å². The molecule has 2 amide bonds. The second kappa shape index (κ2) is 9.87. The maximum atomic E-state index is 12.0. The van der Waals surface area contributed by atoms with E-state index in [0.29, 0.717) is 16.8 Å². The number of nitriles is 1. The van der Waals surface area contributed by atoms with Crippen molar-refractivity contribution in [2.24, 2.45) is 0 Å². The molecule has 0 spiro atoms. The average Bonchev–Trinajstić information content (AvgIpc) is 2.57. The summed E-state index contributed by atoms with van der Waals surface area (Å²) in [5.74, 6) is -1.39. The maximum absolute atomic E-state index is 12.0. The molecule has 158 valence electrons. The van der Waals surface area contributed by atoms with Gasteiger partial charge >= 0.3 is 5.97 Å². The third-order valence-electron chi connectivity index (χ3n) is 4.18. The van der Waals surface area contributed by atoms with Gasteiger partial charge in [0.15, 0.2) is 6.61 Å². The minimum Gasteiger partial charge on any atom is -0.456 e. The van der Waals surface area contributed by atoms with Crippen LogP contribution in [0.5, 0.6) is 0 Å². The molecule has 2 N–H and O–H groups in total. The van der Waals surface area contributed by atoms with Gasteiger partial charge in [-0.2, -0.15) is 5.26 Å². The summed E-state index contributed by atoms with van der Waals surface area (Å²) < 4.78 is 4.99. The zero-order valence-corrected chi connectivity index (χ0v) is 17.8. The number of esters is 1. The predicted molar refractivity (Wildman–Crippen MR) is 106 cm³/mol. The molecular weight excluding hydrogens is 376 g/mol. The van der Waals surface area contributed by atoms with E-state index in [1.807, 2.05) is 26.8 Å². The van der Waals surface area contributed by atoms with E-state index < -0.39 is 29.6 Å². The quantitative estimate of drug-likeness (QED) is 0.643. The Bertz CT molecular complexity index is 890. The van der Waals surface area contributed by atoms with Gasteiger partial charge < -0.3 is 19.9 Å². The zero-order valence-electron chi connectivity index (χ0n) is 17.8. The number of aromatic nitrogens is 1. The van der Waals surface area contributed by atoms with Gasteiger partial charge in [-0.15, -0.1) is 0 Å². The van der Waals surface area contributed by atoms with Crippen LogP contribution in [-0.4, -0.2) is 53.4 Å². The maximum Gasteiger partial charge on any atom is 0.306 e. The highest BCUT2D eigenvalue weighted by Crippen LogP contribution is 2.15. The number of nitrogens with one attached hydrogen (secondary N) is 2. The largest absolute Gasteiger partial charge is 0.456 e. The van der Waals surface area contributed by atoms with Crippen molar-refractivity contribution in [3.8, 4) is 6.07 Å². The molecule has 1 aromatic rings. The van der Waals surface area contributed by atoms with E-state index in [1.54, 1.807) is 13.8 Å². The fourth-order valence-electron chi connectivity index (χ4n) is 2.73. The van der Waals surface area contributed by atoms with Crippen molar-refractivity contribution in [3.63, 3.8) is 0 Å². The number of aryl methyl sites for hydroxylation is 1. The van der Waals surface area contributed by atoms with Crippen LogP contribution >= 0.6 is 0 Å². The van der Waals surface area contributed by atoms with Crippen molar-refractivity contribution in [1.29, 1.82) is 5.26 Å². The first-order chi connectivity index (χ1) is 13.4. The Morgan fingerprint density at radius 2 is 1.86 bits per heavy atom. The minimum absolute atomic E-state index is 0.0138. The van der Waals surface area contributed by atoms with Crippen LogP contribution in [0.2, 0.25) is 0 Å². The Labute approximate surface area is 170 Å². The molecule has 29 heavy (non-hydrogen) atoms. The van der Waals surface area contributed by atoms with E-state index in [-0.39, 0.29) is 30.9 Å². The number of carbonyl (C=O) groups excluding carboxylic acids is 3. The number of nitrogens with zero attached hydrogens (tertiary/aromatic N) is 2. The summed E-state index contributed by atoms with van der Waals surface area (Å²) in [5, 5.41) is 11.8. The van der Waals surface area contributed by atoms with E-state index in [4.69, 9.17) is 10.00 Å². The molecule has 1 heterocycles. The smallest absolute Gasteiger partial charge is 0.306 e. The van der Waals surface area contributed by atoms with Gasteiger partial charge in [-0.1, -0.05) is 0 Å². The van der Waals surface area contributed by atoms with E-state index in [9.17, 15) is 19.2 Å². The third kappa shape index (κ3) is 7.41. The minimum atomic E-state index is -0.589. The van der Waals surface area contributed by atoms with E-state index in [0.717, 1.165) is 0 Å². The predicted octanol–water partition coefficient (Wildman–Crippen LogP) is 0.712. The summed E-state index contributed by atoms with van der Waals surface area (Å²) >= 11 is 0. The van der Waals surface area contributed by atoms with Gasteiger partial charge in [-0.25, -0.2) is 0 Å². The number of likely N-dealkylation sites (N-methyl/N-ethyl adjacent to an activating group) is 1. The second-order valence-corrected chi connectivity index (χ2v) is 7.88. The van der Waals surface area contributed by atoms with Gasteiger partial charge in [0.05, 0.1) is 6.54 Å². The van der Waals surface area contributed by atoms with Crippen molar-refractivity contribution in [2.45, 2.75) is 53.0 Å². The van der Waals surface area contributed by atoms with E-state index in [2.05, 4.69) is 10.3 Å². The first-order valence-electron chi connectivity index (χ1n) is 9.18. The highest BCUT2D eigenvalue weighted by Gasteiger charge is 2.19. The lowest BCUT2D eigenvalue weighted by Gasteiger charge is -2.23. The number of aromatic amines is 1. The summed E-state index contributed by atoms with van der Waals surface area (Å²) in [6, 6.07) is 1.86. The molecule has 0 aliphatic heterocycles. The topological polar surface area (TPSA) is 132 Å². The Morgan fingerprint density at radius 1 is 1.24 bits per heavy atom. The molecule has 0 bridgehead atoms. The molecule has 0 aliphatic carbocycles. The normalized spacial score (nSPS) is 10.8. The van der Waals surface area contributed by atoms with Crippen molar-refractivity contribution in [1.82, 2.24) is 15.2 Å². The lowest BCUT2D eigenvalue weighted by molar-refractivity contribution is -0.152. The number of carbonyl (C=O) groups is 3. The van der Waals surface area contributed by atoms with Crippen molar-refractivity contribution in [2.75, 3.05) is 20.2 Å². The van der Waals surface area contributed by atoms with E-state index in [1.165, 1.54) is 11.9 Å². The van der Waals surface area contributed by atoms with Crippen LogP contribution in [0, 0.1) is 25.2 Å². The molecule has 0 aliphatic rings. The molecule has 9 heteroatoms.